The first-order chi connectivity index (χ1) is 21.7. The Bertz CT molecular complexity index is 1900. The van der Waals surface area contributed by atoms with E-state index in [-0.39, 0.29) is 0 Å². The molecule has 0 aliphatic rings. The Labute approximate surface area is 257 Å². The predicted molar refractivity (Wildman–Crippen MR) is 179 cm³/mol. The van der Waals surface area contributed by atoms with Gasteiger partial charge in [0, 0.05) is 45.3 Å². The Morgan fingerprint density at radius 3 is 1.02 bits per heavy atom. The van der Waals surface area contributed by atoms with E-state index in [9.17, 15) is 0 Å². The van der Waals surface area contributed by atoms with E-state index in [2.05, 4.69) is 136 Å². The molecule has 5 heteroatoms. The van der Waals surface area contributed by atoms with Gasteiger partial charge in [0.15, 0.2) is 0 Å². The van der Waals surface area contributed by atoms with Crippen molar-refractivity contribution in [3.05, 3.63) is 169 Å². The first kappa shape index (κ1) is 26.9. The van der Waals surface area contributed by atoms with Crippen LogP contribution in [0.1, 0.15) is 5.56 Å². The highest BCUT2D eigenvalue weighted by atomic mass is 16.4. The molecule has 6 aromatic carbocycles. The molecule has 0 aliphatic carbocycles. The van der Waals surface area contributed by atoms with Crippen molar-refractivity contribution in [1.29, 1.82) is 0 Å². The quantitative estimate of drug-likeness (QED) is 0.182. The Kier molecular flexibility index (Phi) is 7.42. The summed E-state index contributed by atoms with van der Waals surface area (Å²) in [6.07, 6.45) is 0. The Hall–Kier alpha value is -5.94. The topological polar surface area (TPSA) is 45.4 Å². The average Bonchev–Trinajstić information content (AvgIpc) is 3.58. The van der Waals surface area contributed by atoms with Gasteiger partial charge in [0.2, 0.25) is 11.8 Å². The minimum Gasteiger partial charge on any atom is -0.416 e. The monoisotopic (exact) mass is 570 g/mol. The summed E-state index contributed by atoms with van der Waals surface area (Å²) in [5.41, 5.74) is 9.38. The molecule has 0 unspecified atom stereocenters. The van der Waals surface area contributed by atoms with Gasteiger partial charge in [0.25, 0.3) is 0 Å². The normalized spacial score (nSPS) is 10.8. The highest BCUT2D eigenvalue weighted by Crippen LogP contribution is 2.39. The van der Waals surface area contributed by atoms with Gasteiger partial charge in [-0.3, -0.25) is 0 Å². The summed E-state index contributed by atoms with van der Waals surface area (Å²) in [7, 11) is 0. The third-order valence-corrected chi connectivity index (χ3v) is 7.51. The van der Waals surface area contributed by atoms with Gasteiger partial charge >= 0.3 is 0 Å². The summed E-state index contributed by atoms with van der Waals surface area (Å²) >= 11 is 0. The highest BCUT2D eigenvalue weighted by molar-refractivity contribution is 5.81. The van der Waals surface area contributed by atoms with E-state index in [0.29, 0.717) is 11.8 Å². The van der Waals surface area contributed by atoms with E-state index in [0.717, 1.165) is 45.3 Å². The molecule has 5 nitrogen and oxygen atoms in total. The lowest BCUT2D eigenvalue weighted by Crippen LogP contribution is -2.12. The van der Waals surface area contributed by atoms with Crippen molar-refractivity contribution >= 4 is 34.1 Å². The Morgan fingerprint density at radius 2 is 0.659 bits per heavy atom. The van der Waals surface area contributed by atoms with Crippen LogP contribution in [0.3, 0.4) is 0 Å². The molecule has 1 aromatic heterocycles. The number of nitrogens with zero attached hydrogens (tertiary/aromatic N) is 4. The molecule has 0 radical (unpaired) electrons. The number of aromatic nitrogens is 2. The molecule has 0 saturated heterocycles. The maximum absolute atomic E-state index is 6.03. The van der Waals surface area contributed by atoms with Gasteiger partial charge < -0.3 is 14.2 Å². The van der Waals surface area contributed by atoms with Crippen molar-refractivity contribution in [1.82, 2.24) is 10.2 Å². The summed E-state index contributed by atoms with van der Waals surface area (Å²) in [4.78, 5) is 4.51. The van der Waals surface area contributed by atoms with Gasteiger partial charge in [0.05, 0.1) is 0 Å². The molecule has 0 saturated carbocycles. The Morgan fingerprint density at radius 1 is 0.364 bits per heavy atom. The second kappa shape index (κ2) is 12.1. The van der Waals surface area contributed by atoms with Gasteiger partial charge in [-0.1, -0.05) is 72.3 Å². The summed E-state index contributed by atoms with van der Waals surface area (Å²) in [5, 5.41) is 8.60. The molecule has 0 fully saturated rings. The highest BCUT2D eigenvalue weighted by Gasteiger charge is 2.17. The van der Waals surface area contributed by atoms with Crippen LogP contribution in [0.5, 0.6) is 0 Å². The molecule has 0 atom stereocenters. The molecule has 0 spiro atoms. The fourth-order valence-corrected chi connectivity index (χ4v) is 5.28. The number of aryl methyl sites for hydroxylation is 1. The van der Waals surface area contributed by atoms with Gasteiger partial charge in [0.1, 0.15) is 0 Å². The molecule has 0 bridgehead atoms. The van der Waals surface area contributed by atoms with Crippen LogP contribution in [0.25, 0.3) is 22.9 Å². The minimum atomic E-state index is 0.490. The maximum atomic E-state index is 6.03. The largest absolute Gasteiger partial charge is 0.416 e. The Balaban J connectivity index is 1.21. The second-order valence-electron chi connectivity index (χ2n) is 10.5. The first-order valence-electron chi connectivity index (χ1n) is 14.6. The van der Waals surface area contributed by atoms with E-state index in [4.69, 9.17) is 4.42 Å². The van der Waals surface area contributed by atoms with Crippen LogP contribution in [0.4, 0.5) is 34.1 Å². The van der Waals surface area contributed by atoms with Crippen molar-refractivity contribution < 1.29 is 4.42 Å². The first-order valence-corrected chi connectivity index (χ1v) is 14.6. The molecular weight excluding hydrogens is 540 g/mol. The van der Waals surface area contributed by atoms with Crippen molar-refractivity contribution in [3.63, 3.8) is 0 Å². The SMILES string of the molecule is Cc1ccc(-c2nnc(-c3ccc(N(c4ccccc4)c4ccc(N(c5ccccc5)c5ccccc5)cc4)cc3)o2)cc1. The predicted octanol–water partition coefficient (Wildman–Crippen LogP) is 10.7. The van der Waals surface area contributed by atoms with E-state index < -0.39 is 0 Å². The zero-order chi connectivity index (χ0) is 29.7. The molecule has 0 aliphatic heterocycles. The number of anilines is 6. The summed E-state index contributed by atoms with van der Waals surface area (Å²) in [5.74, 6) is 1.000. The van der Waals surface area contributed by atoms with Crippen molar-refractivity contribution in [3.8, 4) is 22.9 Å². The molecule has 7 aromatic rings. The van der Waals surface area contributed by atoms with E-state index in [1.54, 1.807) is 0 Å². The third-order valence-electron chi connectivity index (χ3n) is 7.51. The lowest BCUT2D eigenvalue weighted by molar-refractivity contribution is 0.584. The zero-order valence-corrected chi connectivity index (χ0v) is 24.3. The molecule has 212 valence electrons. The zero-order valence-electron chi connectivity index (χ0n) is 24.3. The van der Waals surface area contributed by atoms with Crippen LogP contribution in [0, 0.1) is 6.92 Å². The number of hydrogen-bond acceptors (Lipinski definition) is 5. The third kappa shape index (κ3) is 5.59. The standard InChI is InChI=1S/C39H30N4O/c1-29-17-19-30(20-18-29)38-40-41-39(44-38)31-21-23-35(24-22-31)43(34-15-9-4-10-16-34)37-27-25-36(26-28-37)42(32-11-5-2-6-12-32)33-13-7-3-8-14-33/h2-28H,1H3. The smallest absolute Gasteiger partial charge is 0.248 e. The molecule has 44 heavy (non-hydrogen) atoms. The molecular formula is C39H30N4O. The lowest BCUT2D eigenvalue weighted by Gasteiger charge is -2.28. The van der Waals surface area contributed by atoms with Crippen LogP contribution in [-0.2, 0) is 0 Å². The van der Waals surface area contributed by atoms with Crippen molar-refractivity contribution in [2.24, 2.45) is 0 Å². The van der Waals surface area contributed by atoms with Crippen molar-refractivity contribution in [2.75, 3.05) is 9.80 Å². The number of hydrogen-bond donors (Lipinski definition) is 0. The number of benzene rings is 6. The van der Waals surface area contributed by atoms with E-state index >= 15 is 0 Å². The van der Waals surface area contributed by atoms with Gasteiger partial charge in [-0.05, 0) is 104 Å². The van der Waals surface area contributed by atoms with Gasteiger partial charge in [-0.15, -0.1) is 10.2 Å². The van der Waals surface area contributed by atoms with Gasteiger partial charge in [-0.2, -0.15) is 0 Å². The summed E-state index contributed by atoms with van der Waals surface area (Å²) in [6.45, 7) is 2.06. The van der Waals surface area contributed by atoms with Crippen LogP contribution < -0.4 is 9.80 Å². The second-order valence-corrected chi connectivity index (χ2v) is 10.5. The molecule has 1 heterocycles. The fourth-order valence-electron chi connectivity index (χ4n) is 5.28. The lowest BCUT2D eigenvalue weighted by atomic mass is 10.1. The number of rotatable bonds is 8. The maximum Gasteiger partial charge on any atom is 0.248 e. The molecule has 0 amide bonds. The van der Waals surface area contributed by atoms with E-state index in [1.165, 1.54) is 5.56 Å². The fraction of sp³-hybridized carbons (Fsp3) is 0.0256. The number of para-hydroxylation sites is 3. The minimum absolute atomic E-state index is 0.490. The van der Waals surface area contributed by atoms with Gasteiger partial charge in [-0.25, -0.2) is 0 Å². The van der Waals surface area contributed by atoms with Crippen LogP contribution >= 0.6 is 0 Å². The average molecular weight is 571 g/mol. The van der Waals surface area contributed by atoms with Crippen LogP contribution in [0.15, 0.2) is 168 Å². The van der Waals surface area contributed by atoms with Crippen LogP contribution in [0.2, 0.25) is 0 Å². The summed E-state index contributed by atoms with van der Waals surface area (Å²) in [6, 6.07) is 56.3. The van der Waals surface area contributed by atoms with Crippen molar-refractivity contribution in [2.45, 2.75) is 6.92 Å². The van der Waals surface area contributed by atoms with Crippen LogP contribution in [-0.4, -0.2) is 10.2 Å². The molecule has 0 N–H and O–H groups in total. The summed E-state index contributed by atoms with van der Waals surface area (Å²) < 4.78 is 6.03. The molecule has 7 rings (SSSR count). The van der Waals surface area contributed by atoms with E-state index in [1.807, 2.05) is 54.6 Å².